The molecule has 1 heterocycles. The van der Waals surface area contributed by atoms with Crippen LogP contribution >= 0.6 is 11.8 Å². The number of hydrogen-bond donors (Lipinski definition) is 2. The van der Waals surface area contributed by atoms with Crippen molar-refractivity contribution in [3.63, 3.8) is 0 Å². The van der Waals surface area contributed by atoms with Crippen molar-refractivity contribution in [2.24, 2.45) is 5.41 Å². The summed E-state index contributed by atoms with van der Waals surface area (Å²) in [4.78, 5) is 23.5. The zero-order valence-electron chi connectivity index (χ0n) is 10.8. The van der Waals surface area contributed by atoms with E-state index < -0.39 is 11.4 Å². The van der Waals surface area contributed by atoms with Gasteiger partial charge < -0.3 is 10.4 Å². The lowest BCUT2D eigenvalue weighted by molar-refractivity contribution is -0.149. The molecule has 18 heavy (non-hydrogen) atoms. The molecule has 2 fully saturated rings. The molecule has 3 atom stereocenters. The third-order valence-corrected chi connectivity index (χ3v) is 5.61. The van der Waals surface area contributed by atoms with Crippen LogP contribution in [0.5, 0.6) is 0 Å². The van der Waals surface area contributed by atoms with Gasteiger partial charge in [0.25, 0.3) is 0 Å². The van der Waals surface area contributed by atoms with Crippen LogP contribution in [-0.4, -0.2) is 34.0 Å². The van der Waals surface area contributed by atoms with Crippen LogP contribution in [-0.2, 0) is 9.59 Å². The third-order valence-electron chi connectivity index (χ3n) is 4.24. The zero-order valence-corrected chi connectivity index (χ0v) is 11.6. The van der Waals surface area contributed by atoms with E-state index in [9.17, 15) is 14.7 Å². The Labute approximate surface area is 112 Å². The number of hydrogen-bond acceptors (Lipinski definition) is 3. The van der Waals surface area contributed by atoms with Crippen LogP contribution in [0.1, 0.15) is 45.4 Å². The van der Waals surface area contributed by atoms with E-state index in [4.69, 9.17) is 0 Å². The fourth-order valence-corrected chi connectivity index (χ4v) is 4.07. The predicted octanol–water partition coefficient (Wildman–Crippen LogP) is 2.03. The van der Waals surface area contributed by atoms with Gasteiger partial charge in [-0.25, -0.2) is 0 Å². The largest absolute Gasteiger partial charge is 0.481 e. The molecule has 1 saturated heterocycles. The summed E-state index contributed by atoms with van der Waals surface area (Å²) in [6.45, 7) is 1.75. The molecule has 0 spiro atoms. The Morgan fingerprint density at radius 1 is 1.28 bits per heavy atom. The van der Waals surface area contributed by atoms with Crippen LogP contribution in [0.15, 0.2) is 0 Å². The Kier molecular flexibility index (Phi) is 4.20. The van der Waals surface area contributed by atoms with Crippen molar-refractivity contribution in [1.82, 2.24) is 5.32 Å². The van der Waals surface area contributed by atoms with Crippen molar-refractivity contribution in [2.75, 3.05) is 5.75 Å². The average molecular weight is 271 g/mol. The first-order chi connectivity index (χ1) is 8.54. The summed E-state index contributed by atoms with van der Waals surface area (Å²) in [5, 5.41) is 12.3. The predicted molar refractivity (Wildman–Crippen MR) is 71.6 cm³/mol. The monoisotopic (exact) mass is 271 g/mol. The van der Waals surface area contributed by atoms with Crippen molar-refractivity contribution >= 4 is 23.6 Å². The van der Waals surface area contributed by atoms with Crippen LogP contribution in [0.2, 0.25) is 0 Å². The summed E-state index contributed by atoms with van der Waals surface area (Å²) in [5.74, 6) is 0.291. The molecule has 1 saturated carbocycles. The molecule has 0 aromatic heterocycles. The van der Waals surface area contributed by atoms with Gasteiger partial charge in [0.2, 0.25) is 5.91 Å². The Bertz CT molecular complexity index is 341. The minimum Gasteiger partial charge on any atom is -0.481 e. The van der Waals surface area contributed by atoms with Crippen molar-refractivity contribution < 1.29 is 14.7 Å². The van der Waals surface area contributed by atoms with Crippen molar-refractivity contribution in [3.8, 4) is 0 Å². The molecule has 1 aliphatic heterocycles. The Hall–Kier alpha value is -0.710. The van der Waals surface area contributed by atoms with E-state index in [-0.39, 0.29) is 17.2 Å². The Morgan fingerprint density at radius 3 is 2.67 bits per heavy atom. The molecule has 5 heteroatoms. The topological polar surface area (TPSA) is 66.4 Å². The van der Waals surface area contributed by atoms with Crippen molar-refractivity contribution in [1.29, 1.82) is 0 Å². The van der Waals surface area contributed by atoms with Crippen LogP contribution < -0.4 is 5.32 Å². The lowest BCUT2D eigenvalue weighted by Gasteiger charge is -2.30. The molecule has 2 aliphatic rings. The average Bonchev–Trinajstić information content (AvgIpc) is 2.73. The third kappa shape index (κ3) is 2.66. The molecule has 0 radical (unpaired) electrons. The van der Waals surface area contributed by atoms with E-state index in [0.717, 1.165) is 31.4 Å². The van der Waals surface area contributed by atoms with Gasteiger partial charge in [0.05, 0.1) is 10.7 Å². The van der Waals surface area contributed by atoms with Gasteiger partial charge in [-0.05, 0) is 38.4 Å². The molecule has 0 bridgehead atoms. The molecule has 102 valence electrons. The van der Waals surface area contributed by atoms with Gasteiger partial charge in [0.1, 0.15) is 0 Å². The summed E-state index contributed by atoms with van der Waals surface area (Å²) in [6, 6.07) is -0.204. The van der Waals surface area contributed by atoms with Gasteiger partial charge in [-0.2, -0.15) is 0 Å². The molecule has 2 N–H and O–H groups in total. The van der Waals surface area contributed by atoms with Crippen molar-refractivity contribution in [2.45, 2.75) is 56.7 Å². The number of rotatable bonds is 3. The molecule has 3 unspecified atom stereocenters. The van der Waals surface area contributed by atoms with E-state index in [1.165, 1.54) is 6.42 Å². The second kappa shape index (κ2) is 5.51. The maximum atomic E-state index is 12.1. The summed E-state index contributed by atoms with van der Waals surface area (Å²) in [5.41, 5.74) is -0.783. The van der Waals surface area contributed by atoms with Gasteiger partial charge in [-0.3, -0.25) is 9.59 Å². The summed E-state index contributed by atoms with van der Waals surface area (Å²) < 4.78 is 0. The van der Waals surface area contributed by atoms with E-state index >= 15 is 0 Å². The SMILES string of the molecule is CC1(C(=O)O)CCCC1NC(=O)C1CCCCS1. The number of thioether (sulfide) groups is 1. The smallest absolute Gasteiger partial charge is 0.311 e. The Balaban J connectivity index is 1.95. The number of carbonyl (C=O) groups is 2. The van der Waals surface area contributed by atoms with E-state index in [1.807, 2.05) is 0 Å². The fourth-order valence-electron chi connectivity index (χ4n) is 2.87. The van der Waals surface area contributed by atoms with Gasteiger partial charge in [-0.15, -0.1) is 11.8 Å². The van der Waals surface area contributed by atoms with Crippen LogP contribution in [0.4, 0.5) is 0 Å². The molecular formula is C13H21NO3S. The highest BCUT2D eigenvalue weighted by Gasteiger charge is 2.46. The molecular weight excluding hydrogens is 250 g/mol. The van der Waals surface area contributed by atoms with E-state index in [2.05, 4.69) is 5.32 Å². The molecule has 1 aliphatic carbocycles. The normalized spacial score (nSPS) is 36.3. The first kappa shape index (κ1) is 13.7. The number of aliphatic carboxylic acids is 1. The van der Waals surface area contributed by atoms with Crippen LogP contribution in [0.3, 0.4) is 0 Å². The number of nitrogens with one attached hydrogen (secondary N) is 1. The quantitative estimate of drug-likeness (QED) is 0.824. The summed E-state index contributed by atoms with van der Waals surface area (Å²) >= 11 is 1.70. The molecule has 0 aromatic carbocycles. The summed E-state index contributed by atoms with van der Waals surface area (Å²) in [6.07, 6.45) is 5.53. The maximum Gasteiger partial charge on any atom is 0.311 e. The number of carboxylic acids is 1. The highest BCUT2D eigenvalue weighted by Crippen LogP contribution is 2.38. The minimum atomic E-state index is -0.790. The number of carbonyl (C=O) groups excluding carboxylic acids is 1. The fraction of sp³-hybridized carbons (Fsp3) is 0.846. The van der Waals surface area contributed by atoms with Gasteiger partial charge in [-0.1, -0.05) is 12.8 Å². The second-order valence-electron chi connectivity index (χ2n) is 5.53. The lowest BCUT2D eigenvalue weighted by Crippen LogP contribution is -2.49. The summed E-state index contributed by atoms with van der Waals surface area (Å²) in [7, 11) is 0. The first-order valence-corrected chi connectivity index (χ1v) is 7.74. The molecule has 2 rings (SSSR count). The van der Waals surface area contributed by atoms with E-state index in [0.29, 0.717) is 6.42 Å². The first-order valence-electron chi connectivity index (χ1n) is 6.69. The van der Waals surface area contributed by atoms with E-state index in [1.54, 1.807) is 18.7 Å². The van der Waals surface area contributed by atoms with Crippen LogP contribution in [0.25, 0.3) is 0 Å². The minimum absolute atomic E-state index is 0.0254. The van der Waals surface area contributed by atoms with Crippen molar-refractivity contribution in [3.05, 3.63) is 0 Å². The zero-order chi connectivity index (χ0) is 13.2. The van der Waals surface area contributed by atoms with Crippen LogP contribution in [0, 0.1) is 5.41 Å². The Morgan fingerprint density at radius 2 is 2.06 bits per heavy atom. The molecule has 4 nitrogen and oxygen atoms in total. The van der Waals surface area contributed by atoms with Gasteiger partial charge in [0, 0.05) is 6.04 Å². The highest BCUT2D eigenvalue weighted by atomic mass is 32.2. The molecule has 0 aromatic rings. The standard InChI is InChI=1S/C13H21NO3S/c1-13(12(16)17)7-4-6-10(13)14-11(15)9-5-2-3-8-18-9/h9-10H,2-8H2,1H3,(H,14,15)(H,16,17). The highest BCUT2D eigenvalue weighted by molar-refractivity contribution is 8.00. The number of carboxylic acid groups (broad SMARTS) is 1. The van der Waals surface area contributed by atoms with Gasteiger partial charge in [0.15, 0.2) is 0 Å². The maximum absolute atomic E-state index is 12.1. The second-order valence-corrected chi connectivity index (χ2v) is 6.84. The molecule has 1 amide bonds. The van der Waals surface area contributed by atoms with Gasteiger partial charge >= 0.3 is 5.97 Å². The lowest BCUT2D eigenvalue weighted by atomic mass is 9.85. The number of amides is 1.